The molecule has 0 aliphatic carbocycles. The van der Waals surface area contributed by atoms with Crippen molar-refractivity contribution < 1.29 is 8.78 Å². The van der Waals surface area contributed by atoms with Crippen LogP contribution in [0.1, 0.15) is 12.5 Å². The molecule has 0 atom stereocenters. The normalized spacial score (nSPS) is 11.8. The first-order chi connectivity index (χ1) is 8.19. The topological polar surface area (TPSA) is 12.0 Å². The van der Waals surface area contributed by atoms with Gasteiger partial charge in [0.15, 0.2) is 0 Å². The second-order valence-corrected chi connectivity index (χ2v) is 3.39. The molecule has 1 aromatic rings. The number of allylic oxidation sites excluding steroid dienone is 4. The highest BCUT2D eigenvalue weighted by Gasteiger charge is 2.07. The van der Waals surface area contributed by atoms with Crippen molar-refractivity contribution in [2.24, 2.45) is 0 Å². The lowest BCUT2D eigenvalue weighted by Gasteiger charge is -2.08. The Balaban J connectivity index is 2.73. The highest BCUT2D eigenvalue weighted by atomic mass is 19.1. The predicted octanol–water partition coefficient (Wildman–Crippen LogP) is 3.70. The fourth-order valence-corrected chi connectivity index (χ4v) is 1.32. The van der Waals surface area contributed by atoms with Crippen LogP contribution in [-0.4, -0.2) is 0 Å². The van der Waals surface area contributed by atoms with E-state index >= 15 is 0 Å². The zero-order chi connectivity index (χ0) is 12.7. The molecule has 0 spiro atoms. The van der Waals surface area contributed by atoms with Gasteiger partial charge in [0.2, 0.25) is 0 Å². The van der Waals surface area contributed by atoms with Crippen molar-refractivity contribution >= 4 is 0 Å². The largest absolute Gasteiger partial charge is 0.381 e. The van der Waals surface area contributed by atoms with Gasteiger partial charge >= 0.3 is 0 Å². The molecule has 0 aliphatic heterocycles. The van der Waals surface area contributed by atoms with Gasteiger partial charge in [-0.2, -0.15) is 0 Å². The second-order valence-electron chi connectivity index (χ2n) is 3.39. The lowest BCUT2D eigenvalue weighted by atomic mass is 10.2. The summed E-state index contributed by atoms with van der Waals surface area (Å²) >= 11 is 0. The van der Waals surface area contributed by atoms with Crippen molar-refractivity contribution in [3.05, 3.63) is 72.0 Å². The van der Waals surface area contributed by atoms with E-state index in [4.69, 9.17) is 0 Å². The summed E-state index contributed by atoms with van der Waals surface area (Å²) in [6, 6.07) is 3.84. The van der Waals surface area contributed by atoms with Crippen molar-refractivity contribution in [1.29, 1.82) is 0 Å². The molecule has 0 saturated carbocycles. The molecule has 0 radical (unpaired) electrons. The van der Waals surface area contributed by atoms with Crippen LogP contribution < -0.4 is 5.32 Å². The van der Waals surface area contributed by atoms with Gasteiger partial charge in [-0.05, 0) is 25.1 Å². The quantitative estimate of drug-likeness (QED) is 0.767. The zero-order valence-corrected chi connectivity index (χ0v) is 9.71. The average Bonchev–Trinajstić information content (AvgIpc) is 2.32. The number of hydrogen-bond donors (Lipinski definition) is 1. The summed E-state index contributed by atoms with van der Waals surface area (Å²) in [7, 11) is 0. The lowest BCUT2D eigenvalue weighted by Crippen LogP contribution is -2.13. The standard InChI is InChI=1S/C14H15F2N/c1-3-5-7-11(4-2)17-10-12-13(15)8-6-9-14(12)16/h3-9,17H,1,10H2,2H3/b7-5-,11-4+. The van der Waals surface area contributed by atoms with Crippen LogP contribution in [0.2, 0.25) is 0 Å². The van der Waals surface area contributed by atoms with Crippen molar-refractivity contribution in [1.82, 2.24) is 5.32 Å². The Bertz CT molecular complexity index is 427. The molecule has 0 bridgehead atoms. The molecule has 1 nitrogen and oxygen atoms in total. The SMILES string of the molecule is C=C/C=C\C(=C/C)NCc1c(F)cccc1F. The summed E-state index contributed by atoms with van der Waals surface area (Å²) in [4.78, 5) is 0. The Labute approximate surface area is 100 Å². The van der Waals surface area contributed by atoms with Crippen LogP contribution in [-0.2, 0) is 6.54 Å². The molecule has 1 rings (SSSR count). The van der Waals surface area contributed by atoms with Gasteiger partial charge in [0.1, 0.15) is 11.6 Å². The summed E-state index contributed by atoms with van der Waals surface area (Å²) < 4.78 is 26.6. The highest BCUT2D eigenvalue weighted by molar-refractivity contribution is 5.23. The van der Waals surface area contributed by atoms with Gasteiger partial charge < -0.3 is 5.32 Å². The zero-order valence-electron chi connectivity index (χ0n) is 9.71. The first-order valence-corrected chi connectivity index (χ1v) is 5.31. The van der Waals surface area contributed by atoms with Crippen LogP contribution in [0.3, 0.4) is 0 Å². The molecular weight excluding hydrogens is 220 g/mol. The first kappa shape index (κ1) is 13.2. The third-order valence-corrected chi connectivity index (χ3v) is 2.25. The third kappa shape index (κ3) is 3.87. The van der Waals surface area contributed by atoms with E-state index in [0.717, 1.165) is 5.70 Å². The van der Waals surface area contributed by atoms with Gasteiger partial charge in [-0.15, -0.1) is 0 Å². The maximum atomic E-state index is 13.3. The van der Waals surface area contributed by atoms with Gasteiger partial charge in [0.05, 0.1) is 0 Å². The van der Waals surface area contributed by atoms with E-state index < -0.39 is 11.6 Å². The van der Waals surface area contributed by atoms with E-state index in [1.54, 1.807) is 18.2 Å². The molecule has 90 valence electrons. The van der Waals surface area contributed by atoms with E-state index in [9.17, 15) is 8.78 Å². The molecule has 0 aliphatic rings. The number of halogens is 2. The lowest BCUT2D eigenvalue weighted by molar-refractivity contribution is 0.547. The minimum atomic E-state index is -0.541. The van der Waals surface area contributed by atoms with Crippen molar-refractivity contribution in [2.45, 2.75) is 13.5 Å². The van der Waals surface area contributed by atoms with E-state index in [1.807, 2.05) is 13.0 Å². The van der Waals surface area contributed by atoms with Gasteiger partial charge in [-0.3, -0.25) is 0 Å². The Kier molecular flexibility index (Phi) is 5.14. The summed E-state index contributed by atoms with van der Waals surface area (Å²) in [6.07, 6.45) is 6.99. The van der Waals surface area contributed by atoms with Gasteiger partial charge in [0.25, 0.3) is 0 Å². The molecule has 0 fully saturated rings. The van der Waals surface area contributed by atoms with Crippen LogP contribution in [0, 0.1) is 11.6 Å². The molecule has 1 aromatic carbocycles. The molecule has 0 amide bonds. The highest BCUT2D eigenvalue weighted by Crippen LogP contribution is 2.12. The maximum absolute atomic E-state index is 13.3. The Morgan fingerprint density at radius 3 is 2.53 bits per heavy atom. The number of hydrogen-bond acceptors (Lipinski definition) is 1. The van der Waals surface area contributed by atoms with Gasteiger partial charge in [-0.25, -0.2) is 8.78 Å². The molecule has 0 aromatic heterocycles. The molecule has 3 heteroatoms. The summed E-state index contributed by atoms with van der Waals surface area (Å²) in [5.41, 5.74) is 0.825. The molecule has 17 heavy (non-hydrogen) atoms. The minimum absolute atomic E-state index is 0.0406. The van der Waals surface area contributed by atoms with Crippen LogP contribution in [0.15, 0.2) is 54.8 Å². The Hall–Kier alpha value is -1.90. The van der Waals surface area contributed by atoms with Crippen molar-refractivity contribution in [3.8, 4) is 0 Å². The van der Waals surface area contributed by atoms with Gasteiger partial charge in [-0.1, -0.05) is 30.9 Å². The van der Waals surface area contributed by atoms with Crippen LogP contribution >= 0.6 is 0 Å². The van der Waals surface area contributed by atoms with Crippen LogP contribution in [0.5, 0.6) is 0 Å². The fraction of sp³-hybridized carbons (Fsp3) is 0.143. The smallest absolute Gasteiger partial charge is 0.131 e. The third-order valence-electron chi connectivity index (χ3n) is 2.25. The van der Waals surface area contributed by atoms with Crippen molar-refractivity contribution in [2.75, 3.05) is 0 Å². The van der Waals surface area contributed by atoms with Crippen molar-refractivity contribution in [3.63, 3.8) is 0 Å². The molecular formula is C14H15F2N. The summed E-state index contributed by atoms with van der Waals surface area (Å²) in [5.74, 6) is -1.08. The number of benzene rings is 1. The molecule has 0 unspecified atom stereocenters. The van der Waals surface area contributed by atoms with E-state index in [2.05, 4.69) is 11.9 Å². The van der Waals surface area contributed by atoms with E-state index in [0.29, 0.717) is 0 Å². The number of nitrogens with one attached hydrogen (secondary N) is 1. The van der Waals surface area contributed by atoms with Crippen LogP contribution in [0.25, 0.3) is 0 Å². The van der Waals surface area contributed by atoms with Gasteiger partial charge in [0, 0.05) is 17.8 Å². The maximum Gasteiger partial charge on any atom is 0.131 e. The molecule has 0 heterocycles. The monoisotopic (exact) mass is 235 g/mol. The Morgan fingerprint density at radius 1 is 1.35 bits per heavy atom. The summed E-state index contributed by atoms with van der Waals surface area (Å²) in [5, 5.41) is 2.95. The molecule has 1 N–H and O–H groups in total. The molecule has 0 saturated heterocycles. The Morgan fingerprint density at radius 2 is 2.00 bits per heavy atom. The fourth-order valence-electron chi connectivity index (χ4n) is 1.32. The first-order valence-electron chi connectivity index (χ1n) is 5.31. The second kappa shape index (κ2) is 6.63. The minimum Gasteiger partial charge on any atom is -0.381 e. The van der Waals surface area contributed by atoms with E-state index in [1.165, 1.54) is 18.2 Å². The predicted molar refractivity (Wildman–Crippen MR) is 66.3 cm³/mol. The number of rotatable bonds is 5. The average molecular weight is 235 g/mol. The van der Waals surface area contributed by atoms with E-state index in [-0.39, 0.29) is 12.1 Å². The van der Waals surface area contributed by atoms with Crippen LogP contribution in [0.4, 0.5) is 8.78 Å². The summed E-state index contributed by atoms with van der Waals surface area (Å²) in [6.45, 7) is 5.50.